The van der Waals surface area contributed by atoms with Gasteiger partial charge in [-0.1, -0.05) is 51.4 Å². The lowest BCUT2D eigenvalue weighted by Gasteiger charge is -2.20. The molecule has 0 unspecified atom stereocenters. The maximum atomic E-state index is 1.89. The average molecular weight is 206 g/mol. The Morgan fingerprint density at radius 1 is 0.467 bits per heavy atom. The maximum Gasteiger partial charge on any atom is -0.0235 e. The van der Waals surface area contributed by atoms with Crippen LogP contribution in [-0.4, -0.2) is 0 Å². The molecule has 0 bridgehead atoms. The number of rotatable bonds is 2. The fraction of sp³-hybridized carbons (Fsp3) is 0.867. The molecule has 15 heavy (non-hydrogen) atoms. The van der Waals surface area contributed by atoms with Gasteiger partial charge in [-0.05, 0) is 43.9 Å². The molecule has 2 saturated carbocycles. The highest BCUT2D eigenvalue weighted by molar-refractivity contribution is 5.04. The van der Waals surface area contributed by atoms with E-state index in [1.54, 1.807) is 0 Å². The van der Waals surface area contributed by atoms with E-state index in [0.717, 1.165) is 0 Å². The van der Waals surface area contributed by atoms with Crippen molar-refractivity contribution in [2.24, 2.45) is 0 Å². The van der Waals surface area contributed by atoms with E-state index in [1.807, 2.05) is 11.8 Å². The summed E-state index contributed by atoms with van der Waals surface area (Å²) in [5.41, 5.74) is 0. The normalized spacial score (nSPS) is 27.2. The standard InChI is InChI=1S/C15H26/c1-2-6-10-14(9-5-1)13-15-11-7-3-4-8-12-15/h1-13H2. The molecule has 2 aliphatic rings. The van der Waals surface area contributed by atoms with E-state index in [0.29, 0.717) is 0 Å². The summed E-state index contributed by atoms with van der Waals surface area (Å²) in [6.45, 7) is 0. The molecule has 0 nitrogen and oxygen atoms in total. The summed E-state index contributed by atoms with van der Waals surface area (Å²) in [7, 11) is 0. The minimum Gasteiger partial charge on any atom is -0.0533 e. The van der Waals surface area contributed by atoms with Crippen LogP contribution in [0, 0.1) is 11.8 Å². The van der Waals surface area contributed by atoms with E-state index >= 15 is 0 Å². The minimum absolute atomic E-state index is 1.42. The molecular formula is C15H26. The molecule has 86 valence electrons. The third kappa shape index (κ3) is 4.17. The Labute approximate surface area is 95.8 Å². The fourth-order valence-electron chi connectivity index (χ4n) is 3.16. The van der Waals surface area contributed by atoms with Crippen LogP contribution in [0.4, 0.5) is 0 Å². The predicted molar refractivity (Wildman–Crippen MR) is 66.5 cm³/mol. The third-order valence-corrected chi connectivity index (χ3v) is 4.12. The molecule has 2 radical (unpaired) electrons. The van der Waals surface area contributed by atoms with E-state index in [4.69, 9.17) is 0 Å². The molecule has 0 aromatic carbocycles. The van der Waals surface area contributed by atoms with Gasteiger partial charge < -0.3 is 0 Å². The summed E-state index contributed by atoms with van der Waals surface area (Å²) in [4.78, 5) is 0. The molecule has 2 rings (SSSR count). The Bertz CT molecular complexity index is 127. The Kier molecular flexibility index (Phi) is 5.02. The first-order valence-electron chi connectivity index (χ1n) is 7.12. The van der Waals surface area contributed by atoms with Crippen molar-refractivity contribution in [2.45, 2.75) is 83.5 Å². The zero-order chi connectivity index (χ0) is 10.3. The Morgan fingerprint density at radius 3 is 1.13 bits per heavy atom. The monoisotopic (exact) mass is 206 g/mol. The largest absolute Gasteiger partial charge is 0.0533 e. The van der Waals surface area contributed by atoms with Gasteiger partial charge in [0.1, 0.15) is 0 Å². The highest BCUT2D eigenvalue weighted by Gasteiger charge is 2.19. The van der Waals surface area contributed by atoms with Crippen LogP contribution in [0.25, 0.3) is 0 Å². The van der Waals surface area contributed by atoms with Crippen LogP contribution < -0.4 is 0 Å². The lowest BCUT2D eigenvalue weighted by atomic mass is 9.85. The summed E-state index contributed by atoms with van der Waals surface area (Å²) in [5, 5.41) is 0. The second kappa shape index (κ2) is 6.55. The molecule has 0 heterocycles. The minimum atomic E-state index is 1.42. The molecule has 2 fully saturated rings. The highest BCUT2D eigenvalue weighted by Crippen LogP contribution is 2.36. The third-order valence-electron chi connectivity index (χ3n) is 4.12. The second-order valence-electron chi connectivity index (χ2n) is 5.51. The molecule has 0 heteroatoms. The molecule has 0 amide bonds. The van der Waals surface area contributed by atoms with Crippen molar-refractivity contribution in [2.75, 3.05) is 0 Å². The van der Waals surface area contributed by atoms with Crippen LogP contribution in [0.2, 0.25) is 0 Å². The van der Waals surface area contributed by atoms with Crippen molar-refractivity contribution in [3.63, 3.8) is 0 Å². The lowest BCUT2D eigenvalue weighted by molar-refractivity contribution is 0.603. The van der Waals surface area contributed by atoms with E-state index in [-0.39, 0.29) is 0 Å². The van der Waals surface area contributed by atoms with Crippen molar-refractivity contribution in [1.29, 1.82) is 0 Å². The Balaban J connectivity index is 1.73. The average Bonchev–Trinajstić information content (AvgIpc) is 2.63. The SMILES string of the molecule is C1CCC[C](C[C]2CCCCCC2)CC1. The van der Waals surface area contributed by atoms with Crippen LogP contribution in [0.15, 0.2) is 0 Å². The van der Waals surface area contributed by atoms with E-state index in [2.05, 4.69) is 0 Å². The second-order valence-corrected chi connectivity index (χ2v) is 5.51. The van der Waals surface area contributed by atoms with Crippen molar-refractivity contribution in [3.8, 4) is 0 Å². The van der Waals surface area contributed by atoms with E-state index in [9.17, 15) is 0 Å². The molecule has 0 aliphatic heterocycles. The van der Waals surface area contributed by atoms with Crippen molar-refractivity contribution < 1.29 is 0 Å². The summed E-state index contributed by atoms with van der Waals surface area (Å²) in [5.74, 6) is 3.79. The first-order valence-corrected chi connectivity index (χ1v) is 7.12. The van der Waals surface area contributed by atoms with Gasteiger partial charge in [-0.25, -0.2) is 0 Å². The van der Waals surface area contributed by atoms with Gasteiger partial charge in [-0.2, -0.15) is 0 Å². The van der Waals surface area contributed by atoms with Crippen molar-refractivity contribution in [1.82, 2.24) is 0 Å². The topological polar surface area (TPSA) is 0 Å². The smallest absolute Gasteiger partial charge is 0.0235 e. The molecule has 0 atom stereocenters. The summed E-state index contributed by atoms with van der Waals surface area (Å²) >= 11 is 0. The van der Waals surface area contributed by atoms with Crippen LogP contribution in [0.3, 0.4) is 0 Å². The number of hydrogen-bond acceptors (Lipinski definition) is 0. The first kappa shape index (κ1) is 11.5. The highest BCUT2D eigenvalue weighted by atomic mass is 14.2. The van der Waals surface area contributed by atoms with Crippen LogP contribution >= 0.6 is 0 Å². The fourth-order valence-corrected chi connectivity index (χ4v) is 3.16. The predicted octanol–water partition coefficient (Wildman–Crippen LogP) is 5.23. The van der Waals surface area contributed by atoms with Gasteiger partial charge >= 0.3 is 0 Å². The molecule has 0 aromatic heterocycles. The van der Waals surface area contributed by atoms with Crippen LogP contribution in [-0.2, 0) is 0 Å². The Morgan fingerprint density at radius 2 is 0.800 bits per heavy atom. The van der Waals surface area contributed by atoms with Gasteiger partial charge in [-0.3, -0.25) is 0 Å². The van der Waals surface area contributed by atoms with Crippen LogP contribution in [0.1, 0.15) is 83.5 Å². The van der Waals surface area contributed by atoms with Crippen molar-refractivity contribution >= 4 is 0 Å². The van der Waals surface area contributed by atoms with Gasteiger partial charge in [0.2, 0.25) is 0 Å². The Hall–Kier alpha value is 0. The maximum absolute atomic E-state index is 1.89. The molecular weight excluding hydrogens is 180 g/mol. The van der Waals surface area contributed by atoms with Gasteiger partial charge in [0, 0.05) is 0 Å². The molecule has 2 aliphatic carbocycles. The summed E-state index contributed by atoms with van der Waals surface area (Å²) in [6, 6.07) is 0. The summed E-state index contributed by atoms with van der Waals surface area (Å²) < 4.78 is 0. The molecule has 0 spiro atoms. The molecule has 0 N–H and O–H groups in total. The van der Waals surface area contributed by atoms with Gasteiger partial charge in [0.15, 0.2) is 0 Å². The van der Waals surface area contributed by atoms with E-state index in [1.165, 1.54) is 83.5 Å². The zero-order valence-electron chi connectivity index (χ0n) is 10.2. The zero-order valence-corrected chi connectivity index (χ0v) is 10.2. The molecule has 0 saturated heterocycles. The van der Waals surface area contributed by atoms with Gasteiger partial charge in [0.25, 0.3) is 0 Å². The van der Waals surface area contributed by atoms with Gasteiger partial charge in [0.05, 0.1) is 0 Å². The molecule has 0 aromatic rings. The van der Waals surface area contributed by atoms with Crippen molar-refractivity contribution in [3.05, 3.63) is 11.8 Å². The number of hydrogen-bond donors (Lipinski definition) is 0. The van der Waals surface area contributed by atoms with Gasteiger partial charge in [-0.15, -0.1) is 0 Å². The van der Waals surface area contributed by atoms with E-state index < -0.39 is 0 Å². The van der Waals surface area contributed by atoms with Crippen LogP contribution in [0.5, 0.6) is 0 Å². The first-order chi connectivity index (χ1) is 7.45. The summed E-state index contributed by atoms with van der Waals surface area (Å²) in [6.07, 6.45) is 19.0. The quantitative estimate of drug-likeness (QED) is 0.542. The lowest BCUT2D eigenvalue weighted by Crippen LogP contribution is -2.04.